The predicted octanol–water partition coefficient (Wildman–Crippen LogP) is 13.5. The fourth-order valence-corrected chi connectivity index (χ4v) is 7.77. The number of hydrogen-bond acceptors (Lipinski definition) is 0. The minimum Gasteiger partial charge on any atom is -0.309 e. The molecule has 0 bridgehead atoms. The van der Waals surface area contributed by atoms with E-state index in [0.717, 1.165) is 11.4 Å². The lowest BCUT2D eigenvalue weighted by Gasteiger charge is -2.11. The van der Waals surface area contributed by atoms with Crippen molar-refractivity contribution in [3.8, 4) is 44.8 Å². The van der Waals surface area contributed by atoms with Crippen molar-refractivity contribution in [1.29, 1.82) is 0 Å². The van der Waals surface area contributed by atoms with Gasteiger partial charge in [-0.15, -0.1) is 0 Å². The molecular formula is C49H36N2. The summed E-state index contributed by atoms with van der Waals surface area (Å²) in [5.74, 6) is 0. The number of aromatic nitrogens is 2. The first-order chi connectivity index (χ1) is 24.8. The van der Waals surface area contributed by atoms with Gasteiger partial charge in [-0.1, -0.05) is 141 Å². The third-order valence-corrected chi connectivity index (χ3v) is 10.1. The van der Waals surface area contributed by atoms with Gasteiger partial charge in [0.05, 0.1) is 22.1 Å². The smallest absolute Gasteiger partial charge is 0.0541 e. The summed E-state index contributed by atoms with van der Waals surface area (Å²) in [4.78, 5) is 0. The molecule has 0 saturated heterocycles. The Bertz CT molecular complexity index is 2660. The summed E-state index contributed by atoms with van der Waals surface area (Å²) in [5.41, 5.74) is 14.4. The maximum absolute atomic E-state index is 2.40. The fraction of sp³-hybridized carbons (Fsp3) is 0.0204. The summed E-state index contributed by atoms with van der Waals surface area (Å²) < 4.78 is 4.81. The summed E-state index contributed by atoms with van der Waals surface area (Å²) in [7, 11) is 0. The van der Waals surface area contributed by atoms with E-state index in [4.69, 9.17) is 0 Å². The molecule has 0 unspecified atom stereocenters. The summed E-state index contributed by atoms with van der Waals surface area (Å²) >= 11 is 0. The lowest BCUT2D eigenvalue weighted by Crippen LogP contribution is -1.94. The van der Waals surface area contributed by atoms with E-state index in [1.54, 1.807) is 0 Å². The second-order valence-corrected chi connectivity index (χ2v) is 13.0. The Kier molecular flexibility index (Phi) is 7.37. The van der Waals surface area contributed by atoms with Gasteiger partial charge in [-0.3, -0.25) is 0 Å². The van der Waals surface area contributed by atoms with Crippen LogP contribution in [0.25, 0.3) is 88.4 Å². The highest BCUT2D eigenvalue weighted by Crippen LogP contribution is 2.39. The zero-order valence-electron chi connectivity index (χ0n) is 27.4. The zero-order chi connectivity index (χ0) is 33.0. The van der Waals surface area contributed by atoms with Gasteiger partial charge in [-0.25, -0.2) is 0 Å². The summed E-state index contributed by atoms with van der Waals surface area (Å²) in [6, 6.07) is 70.4. The standard InChI is InChI=1S/C48H32N2.CH4/c1-3-13-33(14-4-1)35-17-11-19-39(29-35)49-45-23-9-7-21-41(45)43-31-37(25-27-47(43)49)38-26-28-48-44(32-38)42-22-8-10-24-46(42)50(48)40-20-12-18-36(30-40)34-15-5-2-6-16-34;/h1-32H;1H4. The molecule has 2 aromatic heterocycles. The molecule has 0 amide bonds. The highest BCUT2D eigenvalue weighted by atomic mass is 15.0. The first-order valence-electron chi connectivity index (χ1n) is 17.2. The van der Waals surface area contributed by atoms with E-state index < -0.39 is 0 Å². The molecule has 0 spiro atoms. The van der Waals surface area contributed by atoms with Crippen LogP contribution < -0.4 is 0 Å². The van der Waals surface area contributed by atoms with E-state index in [1.165, 1.54) is 77.0 Å². The molecule has 10 rings (SSSR count). The second kappa shape index (κ2) is 12.4. The molecule has 0 N–H and O–H groups in total. The average molecular weight is 653 g/mol. The Labute approximate surface area is 298 Å². The van der Waals surface area contributed by atoms with Crippen LogP contribution in [0.1, 0.15) is 7.43 Å². The summed E-state index contributed by atoms with van der Waals surface area (Å²) in [6.45, 7) is 0. The van der Waals surface area contributed by atoms with Crippen LogP contribution in [-0.4, -0.2) is 9.13 Å². The first kappa shape index (κ1) is 30.4. The van der Waals surface area contributed by atoms with Crippen LogP contribution in [0, 0.1) is 0 Å². The van der Waals surface area contributed by atoms with E-state index in [0.29, 0.717) is 0 Å². The van der Waals surface area contributed by atoms with Crippen molar-refractivity contribution < 1.29 is 0 Å². The van der Waals surface area contributed by atoms with Crippen LogP contribution in [0.15, 0.2) is 194 Å². The minimum atomic E-state index is 0. The number of rotatable bonds is 5. The molecule has 0 saturated carbocycles. The molecule has 8 aromatic carbocycles. The highest BCUT2D eigenvalue weighted by molar-refractivity contribution is 6.12. The lowest BCUT2D eigenvalue weighted by molar-refractivity contribution is 1.18. The Morgan fingerprint density at radius 3 is 1.04 bits per heavy atom. The molecule has 2 heterocycles. The van der Waals surface area contributed by atoms with E-state index in [2.05, 4.69) is 203 Å². The normalized spacial score (nSPS) is 11.4. The van der Waals surface area contributed by atoms with Crippen molar-refractivity contribution in [3.05, 3.63) is 194 Å². The van der Waals surface area contributed by atoms with Gasteiger partial charge < -0.3 is 9.13 Å². The largest absolute Gasteiger partial charge is 0.309 e. The van der Waals surface area contributed by atoms with Gasteiger partial charge in [0.25, 0.3) is 0 Å². The van der Waals surface area contributed by atoms with Gasteiger partial charge in [-0.05, 0) is 94.0 Å². The number of nitrogens with zero attached hydrogens (tertiary/aromatic N) is 2. The number of para-hydroxylation sites is 2. The summed E-state index contributed by atoms with van der Waals surface area (Å²) in [5, 5.41) is 5.02. The van der Waals surface area contributed by atoms with Gasteiger partial charge in [0.2, 0.25) is 0 Å². The van der Waals surface area contributed by atoms with E-state index in [-0.39, 0.29) is 7.43 Å². The Hall–Kier alpha value is -6.64. The Morgan fingerprint density at radius 1 is 0.235 bits per heavy atom. The van der Waals surface area contributed by atoms with Crippen LogP contribution in [0.5, 0.6) is 0 Å². The molecule has 0 aliphatic carbocycles. The van der Waals surface area contributed by atoms with Crippen LogP contribution in [0.2, 0.25) is 0 Å². The molecule has 2 nitrogen and oxygen atoms in total. The fourth-order valence-electron chi connectivity index (χ4n) is 7.77. The Balaban J connectivity index is 0.00000348. The van der Waals surface area contributed by atoms with Gasteiger partial charge in [0.1, 0.15) is 0 Å². The molecule has 0 atom stereocenters. The number of hydrogen-bond donors (Lipinski definition) is 0. The third kappa shape index (κ3) is 5.04. The van der Waals surface area contributed by atoms with E-state index in [9.17, 15) is 0 Å². The lowest BCUT2D eigenvalue weighted by atomic mass is 10.0. The van der Waals surface area contributed by atoms with Gasteiger partial charge in [0, 0.05) is 32.9 Å². The minimum absolute atomic E-state index is 0. The van der Waals surface area contributed by atoms with Crippen molar-refractivity contribution in [2.75, 3.05) is 0 Å². The van der Waals surface area contributed by atoms with Crippen molar-refractivity contribution in [2.45, 2.75) is 7.43 Å². The molecular weight excluding hydrogens is 617 g/mol. The average Bonchev–Trinajstić information content (AvgIpc) is 3.71. The van der Waals surface area contributed by atoms with E-state index >= 15 is 0 Å². The van der Waals surface area contributed by atoms with Gasteiger partial charge in [0.15, 0.2) is 0 Å². The van der Waals surface area contributed by atoms with E-state index in [1.807, 2.05) is 0 Å². The van der Waals surface area contributed by atoms with Crippen LogP contribution in [-0.2, 0) is 0 Å². The topological polar surface area (TPSA) is 9.86 Å². The quantitative estimate of drug-likeness (QED) is 0.175. The maximum atomic E-state index is 2.40. The van der Waals surface area contributed by atoms with Gasteiger partial charge >= 0.3 is 0 Å². The second-order valence-electron chi connectivity index (χ2n) is 13.0. The molecule has 0 fully saturated rings. The molecule has 0 radical (unpaired) electrons. The van der Waals surface area contributed by atoms with Crippen molar-refractivity contribution in [2.24, 2.45) is 0 Å². The zero-order valence-corrected chi connectivity index (χ0v) is 27.4. The Morgan fingerprint density at radius 2 is 0.588 bits per heavy atom. The molecule has 0 aliphatic rings. The highest BCUT2D eigenvalue weighted by Gasteiger charge is 2.16. The van der Waals surface area contributed by atoms with Crippen molar-refractivity contribution >= 4 is 43.6 Å². The SMILES string of the molecule is C.c1ccc(-c2cccc(-n3c4ccccc4c4cc(-c5ccc6c(c5)c5ccccc5n6-c5cccc(-c6ccccc6)c5)ccc43)c2)cc1. The molecule has 10 aromatic rings. The molecule has 51 heavy (non-hydrogen) atoms. The van der Waals surface area contributed by atoms with Crippen molar-refractivity contribution in [1.82, 2.24) is 9.13 Å². The molecule has 2 heteroatoms. The predicted molar refractivity (Wildman–Crippen MR) is 218 cm³/mol. The number of fused-ring (bicyclic) bond motifs is 6. The first-order valence-corrected chi connectivity index (χ1v) is 17.2. The third-order valence-electron chi connectivity index (χ3n) is 10.1. The monoisotopic (exact) mass is 652 g/mol. The number of benzene rings is 8. The van der Waals surface area contributed by atoms with Crippen LogP contribution in [0.3, 0.4) is 0 Å². The van der Waals surface area contributed by atoms with Crippen molar-refractivity contribution in [3.63, 3.8) is 0 Å². The molecule has 242 valence electrons. The van der Waals surface area contributed by atoms with Crippen LogP contribution >= 0.6 is 0 Å². The van der Waals surface area contributed by atoms with Gasteiger partial charge in [-0.2, -0.15) is 0 Å². The summed E-state index contributed by atoms with van der Waals surface area (Å²) in [6.07, 6.45) is 0. The maximum Gasteiger partial charge on any atom is 0.0541 e. The van der Waals surface area contributed by atoms with Crippen LogP contribution in [0.4, 0.5) is 0 Å². The molecule has 0 aliphatic heterocycles.